The Labute approximate surface area is 162 Å². The highest BCUT2D eigenvalue weighted by atomic mass is 16.5. The van der Waals surface area contributed by atoms with E-state index < -0.39 is 0 Å². The molecule has 0 saturated carbocycles. The Balaban J connectivity index is 1.44. The van der Waals surface area contributed by atoms with Gasteiger partial charge in [0.1, 0.15) is 5.75 Å². The maximum Gasteiger partial charge on any atom is 0.238 e. The number of para-hydroxylation sites is 1. The number of furan rings is 1. The molecule has 1 aromatic carbocycles. The summed E-state index contributed by atoms with van der Waals surface area (Å²) in [5.41, 5.74) is 1.00. The van der Waals surface area contributed by atoms with Crippen molar-refractivity contribution < 1.29 is 18.5 Å². The zero-order chi connectivity index (χ0) is 19.3. The summed E-state index contributed by atoms with van der Waals surface area (Å²) in [4.78, 5) is 19.1. The Morgan fingerprint density at radius 1 is 1.32 bits per heavy atom. The zero-order valence-corrected chi connectivity index (χ0v) is 15.6. The van der Waals surface area contributed by atoms with Crippen LogP contribution in [0.5, 0.6) is 5.75 Å². The molecular formula is C20H22N4O4. The number of methoxy groups -OCH3 is 1. The molecule has 1 atom stereocenters. The van der Waals surface area contributed by atoms with Gasteiger partial charge in [-0.15, -0.1) is 0 Å². The summed E-state index contributed by atoms with van der Waals surface area (Å²) in [5, 5.41) is 7.26. The van der Waals surface area contributed by atoms with Crippen molar-refractivity contribution in [2.75, 3.05) is 26.7 Å². The smallest absolute Gasteiger partial charge is 0.238 e. The lowest BCUT2D eigenvalue weighted by atomic mass is 10.0. The van der Waals surface area contributed by atoms with Crippen molar-refractivity contribution in [2.45, 2.75) is 18.9 Å². The molecular weight excluding hydrogens is 360 g/mol. The van der Waals surface area contributed by atoms with Crippen molar-refractivity contribution in [3.05, 3.63) is 54.1 Å². The molecule has 0 radical (unpaired) electrons. The Hall–Kier alpha value is -3.13. The number of benzene rings is 1. The predicted octanol–water partition coefficient (Wildman–Crippen LogP) is 2.44. The number of nitrogens with one attached hydrogen (secondary N) is 1. The molecule has 146 valence electrons. The second-order valence-electron chi connectivity index (χ2n) is 6.54. The predicted molar refractivity (Wildman–Crippen MR) is 101 cm³/mol. The van der Waals surface area contributed by atoms with Crippen LogP contribution in [0.1, 0.15) is 23.9 Å². The van der Waals surface area contributed by atoms with Crippen LogP contribution in [0.3, 0.4) is 0 Å². The third-order valence-electron chi connectivity index (χ3n) is 4.82. The minimum absolute atomic E-state index is 0.0511. The Morgan fingerprint density at radius 3 is 3.04 bits per heavy atom. The molecule has 1 unspecified atom stereocenters. The maximum atomic E-state index is 12.9. The van der Waals surface area contributed by atoms with Gasteiger partial charge in [-0.1, -0.05) is 23.4 Å². The van der Waals surface area contributed by atoms with Crippen molar-refractivity contribution in [2.24, 2.45) is 0 Å². The molecule has 0 spiro atoms. The Kier molecular flexibility index (Phi) is 5.38. The normalized spacial score (nSPS) is 16.9. The second-order valence-corrected chi connectivity index (χ2v) is 6.54. The monoisotopic (exact) mass is 382 g/mol. The quantitative estimate of drug-likeness (QED) is 0.700. The van der Waals surface area contributed by atoms with E-state index in [4.69, 9.17) is 13.7 Å². The summed E-state index contributed by atoms with van der Waals surface area (Å²) < 4.78 is 16.0. The van der Waals surface area contributed by atoms with Gasteiger partial charge < -0.3 is 23.9 Å². The third kappa shape index (κ3) is 3.77. The van der Waals surface area contributed by atoms with E-state index >= 15 is 0 Å². The first-order valence-corrected chi connectivity index (χ1v) is 9.26. The molecule has 3 aromatic rings. The van der Waals surface area contributed by atoms with Crippen molar-refractivity contribution in [3.63, 3.8) is 0 Å². The summed E-state index contributed by atoms with van der Waals surface area (Å²) in [6.07, 6.45) is 2.23. The number of hydrogen-bond donors (Lipinski definition) is 1. The standard InChI is InChI=1S/C20H22N4O4/c1-26-16-6-3-2-5-14(16)15-13-21-10-11-24(15)19(25)9-8-18-22-20(23-28-18)17-7-4-12-27-17/h2-7,12,15,21H,8-11,13H2,1H3. The fourth-order valence-electron chi connectivity index (χ4n) is 3.44. The summed E-state index contributed by atoms with van der Waals surface area (Å²) in [6.45, 7) is 2.10. The summed E-state index contributed by atoms with van der Waals surface area (Å²) in [5.74, 6) is 2.19. The minimum Gasteiger partial charge on any atom is -0.496 e. The fraction of sp³-hybridized carbons (Fsp3) is 0.350. The molecule has 2 aromatic heterocycles. The number of nitrogens with zero attached hydrogens (tertiary/aromatic N) is 3. The number of aryl methyl sites for hydroxylation is 1. The second kappa shape index (κ2) is 8.26. The molecule has 1 N–H and O–H groups in total. The van der Waals surface area contributed by atoms with Crippen molar-refractivity contribution in [3.8, 4) is 17.3 Å². The van der Waals surface area contributed by atoms with Crippen LogP contribution in [-0.2, 0) is 11.2 Å². The van der Waals surface area contributed by atoms with E-state index in [1.165, 1.54) is 0 Å². The van der Waals surface area contributed by atoms with E-state index in [1.807, 2.05) is 29.2 Å². The largest absolute Gasteiger partial charge is 0.496 e. The number of hydrogen-bond acceptors (Lipinski definition) is 7. The fourth-order valence-corrected chi connectivity index (χ4v) is 3.44. The molecule has 1 aliphatic rings. The van der Waals surface area contributed by atoms with Crippen LogP contribution in [0.4, 0.5) is 0 Å². The molecule has 3 heterocycles. The maximum absolute atomic E-state index is 12.9. The van der Waals surface area contributed by atoms with Crippen LogP contribution >= 0.6 is 0 Å². The number of aromatic nitrogens is 2. The Morgan fingerprint density at radius 2 is 2.21 bits per heavy atom. The number of carbonyl (C=O) groups excluding carboxylic acids is 1. The molecule has 1 fully saturated rings. The molecule has 4 rings (SSSR count). The minimum atomic E-state index is -0.0706. The molecule has 8 heteroatoms. The lowest BCUT2D eigenvalue weighted by Crippen LogP contribution is -2.48. The lowest BCUT2D eigenvalue weighted by Gasteiger charge is -2.37. The highest BCUT2D eigenvalue weighted by Crippen LogP contribution is 2.30. The number of ether oxygens (including phenoxy) is 1. The van der Waals surface area contributed by atoms with E-state index in [1.54, 1.807) is 25.5 Å². The van der Waals surface area contributed by atoms with Gasteiger partial charge in [0, 0.05) is 38.0 Å². The van der Waals surface area contributed by atoms with E-state index in [0.29, 0.717) is 43.4 Å². The van der Waals surface area contributed by atoms with Gasteiger partial charge in [0.2, 0.25) is 17.6 Å². The van der Waals surface area contributed by atoms with Gasteiger partial charge in [-0.3, -0.25) is 4.79 Å². The van der Waals surface area contributed by atoms with Crippen LogP contribution in [0.25, 0.3) is 11.6 Å². The van der Waals surface area contributed by atoms with Crippen LogP contribution < -0.4 is 10.1 Å². The first-order valence-electron chi connectivity index (χ1n) is 9.26. The molecule has 28 heavy (non-hydrogen) atoms. The highest BCUT2D eigenvalue weighted by molar-refractivity contribution is 5.77. The SMILES string of the molecule is COc1ccccc1C1CNCCN1C(=O)CCc1nc(-c2ccco2)no1. The average Bonchev–Trinajstić information content (AvgIpc) is 3.44. The van der Waals surface area contributed by atoms with Crippen molar-refractivity contribution in [1.29, 1.82) is 0 Å². The van der Waals surface area contributed by atoms with E-state index in [-0.39, 0.29) is 11.9 Å². The number of rotatable bonds is 6. The summed E-state index contributed by atoms with van der Waals surface area (Å²) >= 11 is 0. The van der Waals surface area contributed by atoms with Gasteiger partial charge in [-0.05, 0) is 18.2 Å². The van der Waals surface area contributed by atoms with Crippen LogP contribution in [-0.4, -0.2) is 47.7 Å². The van der Waals surface area contributed by atoms with Gasteiger partial charge >= 0.3 is 0 Å². The number of piperazine rings is 1. The first-order chi connectivity index (χ1) is 13.8. The van der Waals surface area contributed by atoms with Crippen molar-refractivity contribution >= 4 is 5.91 Å². The molecule has 8 nitrogen and oxygen atoms in total. The van der Waals surface area contributed by atoms with Crippen LogP contribution in [0.15, 0.2) is 51.6 Å². The molecule has 1 saturated heterocycles. The van der Waals surface area contributed by atoms with E-state index in [0.717, 1.165) is 17.9 Å². The zero-order valence-electron chi connectivity index (χ0n) is 15.6. The number of carbonyl (C=O) groups is 1. The summed E-state index contributed by atoms with van der Waals surface area (Å²) in [7, 11) is 1.65. The van der Waals surface area contributed by atoms with Crippen LogP contribution in [0.2, 0.25) is 0 Å². The van der Waals surface area contributed by atoms with Gasteiger partial charge in [0.15, 0.2) is 5.76 Å². The molecule has 0 aliphatic carbocycles. The third-order valence-corrected chi connectivity index (χ3v) is 4.82. The molecule has 1 amide bonds. The average molecular weight is 382 g/mol. The van der Waals surface area contributed by atoms with Gasteiger partial charge in [0.25, 0.3) is 0 Å². The van der Waals surface area contributed by atoms with Gasteiger partial charge in [-0.25, -0.2) is 0 Å². The molecule has 0 bridgehead atoms. The summed E-state index contributed by atoms with van der Waals surface area (Å²) in [6, 6.07) is 11.3. The topological polar surface area (TPSA) is 93.6 Å². The Bertz CT molecular complexity index is 922. The van der Waals surface area contributed by atoms with Gasteiger partial charge in [-0.2, -0.15) is 4.98 Å². The van der Waals surface area contributed by atoms with Crippen LogP contribution in [0, 0.1) is 0 Å². The van der Waals surface area contributed by atoms with Gasteiger partial charge in [0.05, 0.1) is 19.4 Å². The highest BCUT2D eigenvalue weighted by Gasteiger charge is 2.29. The van der Waals surface area contributed by atoms with Crippen molar-refractivity contribution in [1.82, 2.24) is 20.4 Å². The van der Waals surface area contributed by atoms with E-state index in [2.05, 4.69) is 15.5 Å². The number of amides is 1. The molecule has 1 aliphatic heterocycles. The first kappa shape index (κ1) is 18.2. The van der Waals surface area contributed by atoms with E-state index in [9.17, 15) is 4.79 Å². The lowest BCUT2D eigenvalue weighted by molar-refractivity contribution is -0.134.